The van der Waals surface area contributed by atoms with Gasteiger partial charge in [-0.2, -0.15) is 14.7 Å². The number of nitrogens with one attached hydrogen (secondary N) is 1. The highest BCUT2D eigenvalue weighted by Crippen LogP contribution is 2.16. The summed E-state index contributed by atoms with van der Waals surface area (Å²) in [7, 11) is -3.54. The molecule has 0 aliphatic heterocycles. The maximum absolute atomic E-state index is 12.1. The molecule has 0 bridgehead atoms. The van der Waals surface area contributed by atoms with Crippen LogP contribution in [0.25, 0.3) is 0 Å². The van der Waals surface area contributed by atoms with Crippen LogP contribution in [0.3, 0.4) is 0 Å². The number of aromatic nitrogens is 2. The molecule has 1 N–H and O–H groups in total. The number of H-pyrrole nitrogens is 1. The number of hydrogen-bond donors (Lipinski definition) is 1. The smallest absolute Gasteiger partial charge is 0.246 e. The highest BCUT2D eigenvalue weighted by atomic mass is 32.2. The molecule has 0 spiro atoms. The van der Waals surface area contributed by atoms with Crippen molar-refractivity contribution in [1.29, 1.82) is 5.26 Å². The van der Waals surface area contributed by atoms with Crippen molar-refractivity contribution >= 4 is 10.0 Å². The Morgan fingerprint density at radius 2 is 2.31 bits per heavy atom. The molecule has 6 nitrogen and oxygen atoms in total. The van der Waals surface area contributed by atoms with Crippen LogP contribution in [-0.4, -0.2) is 35.5 Å². The average Bonchev–Trinajstić information content (AvgIpc) is 2.70. The van der Waals surface area contributed by atoms with Gasteiger partial charge in [0.25, 0.3) is 0 Å². The molecule has 0 unspecified atom stereocenters. The Morgan fingerprint density at radius 3 is 2.75 bits per heavy atom. The lowest BCUT2D eigenvalue weighted by Crippen LogP contribution is -2.37. The van der Waals surface area contributed by atoms with Crippen LogP contribution >= 0.6 is 0 Å². The molecule has 88 valence electrons. The Bertz CT molecular complexity index is 458. The largest absolute Gasteiger partial charge is 0.284 e. The second kappa shape index (κ2) is 5.09. The molecule has 0 fully saturated rings. The molecular formula is C9H14N4O2S. The fourth-order valence-electron chi connectivity index (χ4n) is 1.33. The summed E-state index contributed by atoms with van der Waals surface area (Å²) < 4.78 is 25.5. The zero-order valence-electron chi connectivity index (χ0n) is 9.21. The first kappa shape index (κ1) is 12.7. The van der Waals surface area contributed by atoms with Gasteiger partial charge < -0.3 is 0 Å². The van der Waals surface area contributed by atoms with Crippen LogP contribution in [0.2, 0.25) is 0 Å². The first-order valence-corrected chi connectivity index (χ1v) is 6.31. The molecule has 0 saturated carbocycles. The Morgan fingerprint density at radius 1 is 1.62 bits per heavy atom. The number of sulfonamides is 1. The standard InChI is InChI=1S/C9H14N4O2S/c1-8(2)13(5-3-4-10)16(14,15)9-6-11-12-7-9/h6-8H,3,5H2,1-2H3,(H,11,12). The normalized spacial score (nSPS) is 11.9. The number of nitrogens with zero attached hydrogens (tertiary/aromatic N) is 3. The SMILES string of the molecule is CC(C)N(CCC#N)S(=O)(=O)c1cn[nH]c1. The molecule has 1 heterocycles. The van der Waals surface area contributed by atoms with Crippen molar-refractivity contribution in [3.8, 4) is 6.07 Å². The van der Waals surface area contributed by atoms with Crippen LogP contribution in [0, 0.1) is 11.3 Å². The van der Waals surface area contributed by atoms with Gasteiger partial charge in [0.1, 0.15) is 4.90 Å². The van der Waals surface area contributed by atoms with Gasteiger partial charge in [-0.15, -0.1) is 0 Å². The summed E-state index contributed by atoms with van der Waals surface area (Å²) in [5.74, 6) is 0. The third kappa shape index (κ3) is 2.59. The zero-order chi connectivity index (χ0) is 12.2. The second-order valence-corrected chi connectivity index (χ2v) is 5.44. The van der Waals surface area contributed by atoms with E-state index in [9.17, 15) is 8.42 Å². The maximum Gasteiger partial charge on any atom is 0.246 e. The van der Waals surface area contributed by atoms with Crippen molar-refractivity contribution in [2.75, 3.05) is 6.54 Å². The number of hydrogen-bond acceptors (Lipinski definition) is 4. The quantitative estimate of drug-likeness (QED) is 0.823. The molecule has 0 atom stereocenters. The Balaban J connectivity index is 2.99. The highest BCUT2D eigenvalue weighted by molar-refractivity contribution is 7.89. The third-order valence-corrected chi connectivity index (χ3v) is 4.14. The van der Waals surface area contributed by atoms with Crippen LogP contribution in [0.4, 0.5) is 0 Å². The van der Waals surface area contributed by atoms with Crippen molar-refractivity contribution in [3.63, 3.8) is 0 Å². The summed E-state index contributed by atoms with van der Waals surface area (Å²) in [4.78, 5) is 0.124. The van der Waals surface area contributed by atoms with Gasteiger partial charge in [-0.3, -0.25) is 5.10 Å². The first-order chi connectivity index (χ1) is 7.50. The maximum atomic E-state index is 12.1. The van der Waals surface area contributed by atoms with Gasteiger partial charge in [0.15, 0.2) is 0 Å². The van der Waals surface area contributed by atoms with Crippen molar-refractivity contribution in [3.05, 3.63) is 12.4 Å². The molecule has 1 rings (SSSR count). The highest BCUT2D eigenvalue weighted by Gasteiger charge is 2.27. The summed E-state index contributed by atoms with van der Waals surface area (Å²) in [5, 5.41) is 14.6. The van der Waals surface area contributed by atoms with Gasteiger partial charge in [0.2, 0.25) is 10.0 Å². The Kier molecular flexibility index (Phi) is 4.04. The predicted molar refractivity (Wildman–Crippen MR) is 57.8 cm³/mol. The Labute approximate surface area is 94.9 Å². The van der Waals surface area contributed by atoms with E-state index in [1.807, 2.05) is 6.07 Å². The van der Waals surface area contributed by atoms with E-state index in [0.717, 1.165) is 0 Å². The van der Waals surface area contributed by atoms with E-state index in [0.29, 0.717) is 0 Å². The van der Waals surface area contributed by atoms with Crippen LogP contribution in [0.1, 0.15) is 20.3 Å². The van der Waals surface area contributed by atoms with E-state index in [1.54, 1.807) is 13.8 Å². The third-order valence-electron chi connectivity index (χ3n) is 2.10. The zero-order valence-corrected chi connectivity index (χ0v) is 10.0. The monoisotopic (exact) mass is 242 g/mol. The molecule has 1 aromatic rings. The van der Waals surface area contributed by atoms with Gasteiger partial charge >= 0.3 is 0 Å². The van der Waals surface area contributed by atoms with E-state index in [4.69, 9.17) is 5.26 Å². The van der Waals surface area contributed by atoms with Crippen LogP contribution in [0.15, 0.2) is 17.3 Å². The van der Waals surface area contributed by atoms with Gasteiger partial charge in [0.05, 0.1) is 12.3 Å². The van der Waals surface area contributed by atoms with Crippen LogP contribution < -0.4 is 0 Å². The van der Waals surface area contributed by atoms with Crippen molar-refractivity contribution in [2.24, 2.45) is 0 Å². The van der Waals surface area contributed by atoms with E-state index in [-0.39, 0.29) is 23.9 Å². The van der Waals surface area contributed by atoms with Gasteiger partial charge in [-0.1, -0.05) is 0 Å². The fourth-order valence-corrected chi connectivity index (χ4v) is 2.88. The summed E-state index contributed by atoms with van der Waals surface area (Å²) >= 11 is 0. The summed E-state index contributed by atoms with van der Waals surface area (Å²) in [6.45, 7) is 3.74. The van der Waals surface area contributed by atoms with E-state index in [1.165, 1.54) is 16.7 Å². The number of aromatic amines is 1. The first-order valence-electron chi connectivity index (χ1n) is 4.87. The number of nitriles is 1. The summed E-state index contributed by atoms with van der Waals surface area (Å²) in [5.41, 5.74) is 0. The van der Waals surface area contributed by atoms with Gasteiger partial charge in [-0.25, -0.2) is 8.42 Å². The van der Waals surface area contributed by atoms with E-state index >= 15 is 0 Å². The van der Waals surface area contributed by atoms with Crippen LogP contribution in [-0.2, 0) is 10.0 Å². The van der Waals surface area contributed by atoms with Gasteiger partial charge in [0, 0.05) is 25.2 Å². The molecule has 1 aromatic heterocycles. The molecule has 7 heteroatoms. The summed E-state index contributed by atoms with van der Waals surface area (Å²) in [6, 6.07) is 1.75. The molecule has 0 aromatic carbocycles. The molecule has 0 amide bonds. The molecule has 0 aliphatic rings. The minimum Gasteiger partial charge on any atom is -0.284 e. The summed E-state index contributed by atoms with van der Waals surface area (Å²) in [6.07, 6.45) is 2.77. The fraction of sp³-hybridized carbons (Fsp3) is 0.556. The molecule has 0 saturated heterocycles. The van der Waals surface area contributed by atoms with Crippen LogP contribution in [0.5, 0.6) is 0 Å². The van der Waals surface area contributed by atoms with Gasteiger partial charge in [-0.05, 0) is 13.8 Å². The minimum atomic E-state index is -3.54. The lowest BCUT2D eigenvalue weighted by molar-refractivity contribution is 0.360. The van der Waals surface area contributed by atoms with E-state index in [2.05, 4.69) is 10.2 Å². The molecular weight excluding hydrogens is 228 g/mol. The van der Waals surface area contributed by atoms with Crippen molar-refractivity contribution < 1.29 is 8.42 Å². The lowest BCUT2D eigenvalue weighted by Gasteiger charge is -2.23. The predicted octanol–water partition coefficient (Wildman–Crippen LogP) is 0.722. The number of rotatable bonds is 5. The Hall–Kier alpha value is -1.39. The molecule has 0 aliphatic carbocycles. The topological polar surface area (TPSA) is 89.8 Å². The molecule has 16 heavy (non-hydrogen) atoms. The van der Waals surface area contributed by atoms with Crippen molar-refractivity contribution in [2.45, 2.75) is 31.2 Å². The lowest BCUT2D eigenvalue weighted by atomic mass is 10.3. The van der Waals surface area contributed by atoms with E-state index < -0.39 is 10.0 Å². The second-order valence-electron chi connectivity index (χ2n) is 3.55. The minimum absolute atomic E-state index is 0.124. The molecule has 0 radical (unpaired) electrons. The average molecular weight is 242 g/mol. The van der Waals surface area contributed by atoms with Crippen molar-refractivity contribution in [1.82, 2.24) is 14.5 Å².